The van der Waals surface area contributed by atoms with Crippen LogP contribution in [-0.2, 0) is 6.54 Å². The van der Waals surface area contributed by atoms with Gasteiger partial charge in [0.15, 0.2) is 17.5 Å². The maximum absolute atomic E-state index is 6.06. The molecule has 5 nitrogen and oxygen atoms in total. The zero-order chi connectivity index (χ0) is 16.5. The van der Waals surface area contributed by atoms with Gasteiger partial charge < -0.3 is 20.1 Å². The second-order valence-corrected chi connectivity index (χ2v) is 5.60. The molecule has 126 valence electrons. The standard InChI is InChI=1S/C18H27N3O2/c1-4-11-20-18(19-2)21-13-14-9-10-16(17(12-14)22-3)23-15-7-5-6-8-15/h4,9-10,12,15H,1,5-8,11,13H2,2-3H3,(H2,19,20,21). The first kappa shape index (κ1) is 17.2. The number of benzene rings is 1. The molecule has 0 amide bonds. The highest BCUT2D eigenvalue weighted by Crippen LogP contribution is 2.32. The quantitative estimate of drug-likeness (QED) is 0.461. The molecule has 1 fully saturated rings. The maximum Gasteiger partial charge on any atom is 0.191 e. The molecule has 23 heavy (non-hydrogen) atoms. The van der Waals surface area contributed by atoms with E-state index in [0.29, 0.717) is 19.2 Å². The van der Waals surface area contributed by atoms with Crippen LogP contribution in [0, 0.1) is 0 Å². The summed E-state index contributed by atoms with van der Waals surface area (Å²) in [6, 6.07) is 6.06. The van der Waals surface area contributed by atoms with Crippen molar-refractivity contribution in [3.05, 3.63) is 36.4 Å². The molecule has 1 aliphatic rings. The van der Waals surface area contributed by atoms with E-state index in [1.54, 1.807) is 20.2 Å². The summed E-state index contributed by atoms with van der Waals surface area (Å²) in [5, 5.41) is 6.40. The Morgan fingerprint density at radius 3 is 2.74 bits per heavy atom. The van der Waals surface area contributed by atoms with Crippen LogP contribution in [-0.4, -0.2) is 32.8 Å². The smallest absolute Gasteiger partial charge is 0.191 e. The van der Waals surface area contributed by atoms with Gasteiger partial charge in [0.05, 0.1) is 13.2 Å². The first-order valence-corrected chi connectivity index (χ1v) is 8.15. The predicted octanol–water partition coefficient (Wildman–Crippen LogP) is 2.87. The Bertz CT molecular complexity index is 537. The lowest BCUT2D eigenvalue weighted by molar-refractivity contribution is 0.200. The highest BCUT2D eigenvalue weighted by Gasteiger charge is 2.18. The van der Waals surface area contributed by atoms with Gasteiger partial charge in [-0.15, -0.1) is 6.58 Å². The van der Waals surface area contributed by atoms with Crippen molar-refractivity contribution >= 4 is 5.96 Å². The SMILES string of the molecule is C=CCNC(=NC)NCc1ccc(OC2CCCC2)c(OC)c1. The summed E-state index contributed by atoms with van der Waals surface area (Å²) in [6.07, 6.45) is 6.91. The van der Waals surface area contributed by atoms with Crippen molar-refractivity contribution < 1.29 is 9.47 Å². The van der Waals surface area contributed by atoms with E-state index in [1.807, 2.05) is 12.1 Å². The zero-order valence-electron chi connectivity index (χ0n) is 14.1. The molecule has 1 saturated carbocycles. The highest BCUT2D eigenvalue weighted by molar-refractivity contribution is 5.79. The molecule has 0 saturated heterocycles. The van der Waals surface area contributed by atoms with E-state index in [-0.39, 0.29) is 0 Å². The molecule has 1 aromatic rings. The number of ether oxygens (including phenoxy) is 2. The molecule has 0 aromatic heterocycles. The molecule has 1 aromatic carbocycles. The van der Waals surface area contributed by atoms with Crippen molar-refractivity contribution in [2.45, 2.75) is 38.3 Å². The molecular weight excluding hydrogens is 290 g/mol. The lowest BCUT2D eigenvalue weighted by Gasteiger charge is -2.17. The Kier molecular flexibility index (Phi) is 6.78. The van der Waals surface area contributed by atoms with Crippen molar-refractivity contribution in [3.63, 3.8) is 0 Å². The fourth-order valence-electron chi connectivity index (χ4n) is 2.68. The van der Waals surface area contributed by atoms with E-state index in [0.717, 1.165) is 35.9 Å². The van der Waals surface area contributed by atoms with Crippen LogP contribution >= 0.6 is 0 Å². The fraction of sp³-hybridized carbons (Fsp3) is 0.500. The Morgan fingerprint density at radius 2 is 2.09 bits per heavy atom. The first-order valence-electron chi connectivity index (χ1n) is 8.15. The summed E-state index contributed by atoms with van der Waals surface area (Å²) in [6.45, 7) is 5.03. The molecule has 2 N–H and O–H groups in total. The third-order valence-corrected chi connectivity index (χ3v) is 3.92. The Hall–Kier alpha value is -2.17. The van der Waals surface area contributed by atoms with Crippen LogP contribution in [0.3, 0.4) is 0 Å². The van der Waals surface area contributed by atoms with Gasteiger partial charge in [0, 0.05) is 20.1 Å². The lowest BCUT2D eigenvalue weighted by Crippen LogP contribution is -2.36. The first-order chi connectivity index (χ1) is 11.3. The lowest BCUT2D eigenvalue weighted by atomic mass is 10.2. The molecule has 0 atom stereocenters. The van der Waals surface area contributed by atoms with Crippen molar-refractivity contribution in [1.29, 1.82) is 0 Å². The third-order valence-electron chi connectivity index (χ3n) is 3.92. The molecular formula is C18H27N3O2. The predicted molar refractivity (Wildman–Crippen MR) is 94.3 cm³/mol. The van der Waals surface area contributed by atoms with Crippen molar-refractivity contribution in [2.75, 3.05) is 20.7 Å². The summed E-state index contributed by atoms with van der Waals surface area (Å²) in [5.74, 6) is 2.36. The van der Waals surface area contributed by atoms with Crippen LogP contribution < -0.4 is 20.1 Å². The summed E-state index contributed by atoms with van der Waals surface area (Å²) < 4.78 is 11.5. The number of nitrogens with zero attached hydrogens (tertiary/aromatic N) is 1. The molecule has 0 bridgehead atoms. The van der Waals surface area contributed by atoms with E-state index >= 15 is 0 Å². The van der Waals surface area contributed by atoms with Gasteiger partial charge in [-0.3, -0.25) is 4.99 Å². The minimum Gasteiger partial charge on any atom is -0.493 e. The van der Waals surface area contributed by atoms with Gasteiger partial charge in [-0.25, -0.2) is 0 Å². The normalized spacial score (nSPS) is 15.3. The second kappa shape index (κ2) is 9.08. The number of hydrogen-bond donors (Lipinski definition) is 2. The number of hydrogen-bond acceptors (Lipinski definition) is 3. The largest absolute Gasteiger partial charge is 0.493 e. The Labute approximate surface area is 138 Å². The molecule has 2 rings (SSSR count). The molecule has 0 spiro atoms. The highest BCUT2D eigenvalue weighted by atomic mass is 16.5. The van der Waals surface area contributed by atoms with Crippen molar-refractivity contribution in [2.24, 2.45) is 4.99 Å². The molecule has 5 heteroatoms. The van der Waals surface area contributed by atoms with Crippen LogP contribution in [0.1, 0.15) is 31.2 Å². The van der Waals surface area contributed by atoms with Gasteiger partial charge in [-0.05, 0) is 43.4 Å². The van der Waals surface area contributed by atoms with E-state index in [4.69, 9.17) is 9.47 Å². The molecule has 0 radical (unpaired) electrons. The van der Waals surface area contributed by atoms with Crippen molar-refractivity contribution in [3.8, 4) is 11.5 Å². The molecule has 0 heterocycles. The number of aliphatic imine (C=N–C) groups is 1. The second-order valence-electron chi connectivity index (χ2n) is 5.60. The van der Waals surface area contributed by atoms with E-state index in [1.165, 1.54) is 12.8 Å². The van der Waals surface area contributed by atoms with E-state index in [9.17, 15) is 0 Å². The van der Waals surface area contributed by atoms with Crippen LogP contribution in [0.2, 0.25) is 0 Å². The number of rotatable bonds is 7. The summed E-state index contributed by atoms with van der Waals surface area (Å²) in [7, 11) is 3.43. The molecule has 0 unspecified atom stereocenters. The van der Waals surface area contributed by atoms with Gasteiger partial charge >= 0.3 is 0 Å². The fourth-order valence-corrected chi connectivity index (χ4v) is 2.68. The number of nitrogens with one attached hydrogen (secondary N) is 2. The Morgan fingerprint density at radius 1 is 1.30 bits per heavy atom. The minimum absolute atomic E-state index is 0.329. The molecule has 0 aliphatic heterocycles. The van der Waals surface area contributed by atoms with Gasteiger partial charge in [0.25, 0.3) is 0 Å². The summed E-state index contributed by atoms with van der Waals surface area (Å²) >= 11 is 0. The van der Waals surface area contributed by atoms with Gasteiger partial charge in [0.1, 0.15) is 0 Å². The minimum atomic E-state index is 0.329. The van der Waals surface area contributed by atoms with E-state index in [2.05, 4.69) is 28.3 Å². The van der Waals surface area contributed by atoms with Crippen LogP contribution in [0.4, 0.5) is 0 Å². The maximum atomic E-state index is 6.06. The average molecular weight is 317 g/mol. The third kappa shape index (κ3) is 5.20. The zero-order valence-corrected chi connectivity index (χ0v) is 14.1. The van der Waals surface area contributed by atoms with Gasteiger partial charge in [0.2, 0.25) is 0 Å². The van der Waals surface area contributed by atoms with E-state index < -0.39 is 0 Å². The number of methoxy groups -OCH3 is 1. The number of guanidine groups is 1. The topological polar surface area (TPSA) is 54.9 Å². The van der Waals surface area contributed by atoms with Gasteiger partial charge in [-0.2, -0.15) is 0 Å². The van der Waals surface area contributed by atoms with Crippen LogP contribution in [0.15, 0.2) is 35.8 Å². The Balaban J connectivity index is 1.96. The van der Waals surface area contributed by atoms with Gasteiger partial charge in [-0.1, -0.05) is 12.1 Å². The summed E-state index contributed by atoms with van der Waals surface area (Å²) in [4.78, 5) is 4.16. The van der Waals surface area contributed by atoms with Crippen molar-refractivity contribution in [1.82, 2.24) is 10.6 Å². The summed E-state index contributed by atoms with van der Waals surface area (Å²) in [5.41, 5.74) is 1.11. The van der Waals surface area contributed by atoms with Crippen LogP contribution in [0.5, 0.6) is 11.5 Å². The van der Waals surface area contributed by atoms with Crippen LogP contribution in [0.25, 0.3) is 0 Å². The monoisotopic (exact) mass is 317 g/mol. The average Bonchev–Trinajstić information content (AvgIpc) is 3.09. The molecule has 1 aliphatic carbocycles.